The summed E-state index contributed by atoms with van der Waals surface area (Å²) in [6, 6.07) is 9.27. The third kappa shape index (κ3) is 3.88. The minimum atomic E-state index is -0.609. The van der Waals surface area contributed by atoms with Crippen molar-refractivity contribution in [2.24, 2.45) is 5.10 Å². The molecule has 0 spiro atoms. The molecule has 0 aliphatic rings. The molecule has 0 radical (unpaired) electrons. The first kappa shape index (κ1) is 16.1. The monoisotopic (exact) mass is 365 g/mol. The van der Waals surface area contributed by atoms with Crippen LogP contribution >= 0.6 is 15.9 Å². The van der Waals surface area contributed by atoms with E-state index in [9.17, 15) is 4.79 Å². The van der Waals surface area contributed by atoms with Crippen LogP contribution in [0, 0.1) is 0 Å². The summed E-state index contributed by atoms with van der Waals surface area (Å²) >= 11 is 3.40. The number of H-pyrrole nitrogens is 1. The predicted octanol–water partition coefficient (Wildman–Crippen LogP) is 3.28. The van der Waals surface area contributed by atoms with Crippen LogP contribution in [-0.4, -0.2) is 30.5 Å². The maximum absolute atomic E-state index is 11.5. The Morgan fingerprint density at radius 1 is 1.41 bits per heavy atom. The van der Waals surface area contributed by atoms with Gasteiger partial charge in [-0.25, -0.2) is 10.2 Å². The average molecular weight is 366 g/mol. The van der Waals surface area contributed by atoms with Gasteiger partial charge in [0.15, 0.2) is 0 Å². The standard InChI is InChI=1S/C15H16BrN3O3/c1-3-22-15(20)19-18-14(12-5-4-8-17-12)11-7-6-10(16)9-13(11)21-2/h4-9,17H,3H2,1-2H3,(H,19,20)/b18-14-. The van der Waals surface area contributed by atoms with E-state index >= 15 is 0 Å². The van der Waals surface area contributed by atoms with E-state index in [4.69, 9.17) is 9.47 Å². The molecule has 116 valence electrons. The van der Waals surface area contributed by atoms with Crippen LogP contribution in [0.2, 0.25) is 0 Å². The molecule has 0 fully saturated rings. The van der Waals surface area contributed by atoms with Crippen molar-refractivity contribution in [2.75, 3.05) is 13.7 Å². The molecule has 0 saturated carbocycles. The van der Waals surface area contributed by atoms with Crippen LogP contribution in [0.1, 0.15) is 18.2 Å². The lowest BCUT2D eigenvalue weighted by Crippen LogP contribution is -2.21. The van der Waals surface area contributed by atoms with E-state index in [2.05, 4.69) is 31.4 Å². The van der Waals surface area contributed by atoms with Crippen LogP contribution in [-0.2, 0) is 4.74 Å². The average Bonchev–Trinajstić information content (AvgIpc) is 3.03. The second kappa shape index (κ2) is 7.65. The van der Waals surface area contributed by atoms with Gasteiger partial charge in [-0.3, -0.25) is 0 Å². The first-order valence-electron chi connectivity index (χ1n) is 6.63. The van der Waals surface area contributed by atoms with Crippen molar-refractivity contribution in [1.29, 1.82) is 0 Å². The highest BCUT2D eigenvalue weighted by Crippen LogP contribution is 2.25. The van der Waals surface area contributed by atoms with Gasteiger partial charge in [0.2, 0.25) is 0 Å². The highest BCUT2D eigenvalue weighted by atomic mass is 79.9. The molecule has 2 N–H and O–H groups in total. The van der Waals surface area contributed by atoms with Crippen LogP contribution < -0.4 is 10.2 Å². The number of methoxy groups -OCH3 is 1. The second-order valence-electron chi connectivity index (χ2n) is 4.22. The third-order valence-electron chi connectivity index (χ3n) is 2.81. The van der Waals surface area contributed by atoms with E-state index < -0.39 is 6.09 Å². The van der Waals surface area contributed by atoms with Gasteiger partial charge in [0.25, 0.3) is 0 Å². The Balaban J connectivity index is 2.41. The number of aromatic nitrogens is 1. The lowest BCUT2D eigenvalue weighted by Gasteiger charge is -2.11. The van der Waals surface area contributed by atoms with E-state index in [0.717, 1.165) is 15.7 Å². The molecule has 7 heteroatoms. The number of aromatic amines is 1. The number of carbonyl (C=O) groups excluding carboxylic acids is 1. The summed E-state index contributed by atoms with van der Waals surface area (Å²) in [6.07, 6.45) is 1.17. The van der Waals surface area contributed by atoms with Crippen molar-refractivity contribution in [3.63, 3.8) is 0 Å². The van der Waals surface area contributed by atoms with E-state index in [1.807, 2.05) is 30.3 Å². The number of hydrazone groups is 1. The summed E-state index contributed by atoms with van der Waals surface area (Å²) < 4.78 is 11.1. The summed E-state index contributed by atoms with van der Waals surface area (Å²) in [7, 11) is 1.58. The molecule has 22 heavy (non-hydrogen) atoms. The van der Waals surface area contributed by atoms with Gasteiger partial charge in [0.05, 0.1) is 19.4 Å². The zero-order valence-corrected chi connectivity index (χ0v) is 13.8. The molecule has 6 nitrogen and oxygen atoms in total. The molecule has 0 bridgehead atoms. The quantitative estimate of drug-likeness (QED) is 0.630. The largest absolute Gasteiger partial charge is 0.496 e. The van der Waals surface area contributed by atoms with Crippen LogP contribution in [0.15, 0.2) is 46.1 Å². The van der Waals surface area contributed by atoms with Crippen molar-refractivity contribution >= 4 is 27.7 Å². The number of nitrogens with zero attached hydrogens (tertiary/aromatic N) is 1. The molecule has 0 aliphatic carbocycles. The zero-order chi connectivity index (χ0) is 15.9. The molecule has 0 aliphatic heterocycles. The summed E-state index contributed by atoms with van der Waals surface area (Å²) in [6.45, 7) is 2.01. The Morgan fingerprint density at radius 3 is 2.86 bits per heavy atom. The summed E-state index contributed by atoms with van der Waals surface area (Å²) in [5.74, 6) is 0.633. The first-order valence-corrected chi connectivity index (χ1v) is 7.43. The number of halogens is 1. The molecule has 1 amide bonds. The van der Waals surface area contributed by atoms with Gasteiger partial charge in [-0.15, -0.1) is 0 Å². The van der Waals surface area contributed by atoms with E-state index in [-0.39, 0.29) is 6.61 Å². The first-order chi connectivity index (χ1) is 10.7. The lowest BCUT2D eigenvalue weighted by molar-refractivity contribution is 0.152. The van der Waals surface area contributed by atoms with Gasteiger partial charge >= 0.3 is 6.09 Å². The molecule has 0 unspecified atom stereocenters. The van der Waals surface area contributed by atoms with Gasteiger partial charge in [-0.05, 0) is 37.3 Å². The SMILES string of the molecule is CCOC(=O)N/N=C(\c1ccc[nH]1)c1ccc(Br)cc1OC. The summed E-state index contributed by atoms with van der Waals surface area (Å²) in [5.41, 5.74) is 4.41. The predicted molar refractivity (Wildman–Crippen MR) is 87.3 cm³/mol. The Morgan fingerprint density at radius 2 is 2.23 bits per heavy atom. The smallest absolute Gasteiger partial charge is 0.427 e. The van der Waals surface area contributed by atoms with Crippen LogP contribution in [0.4, 0.5) is 4.79 Å². The van der Waals surface area contributed by atoms with Gasteiger partial charge in [0, 0.05) is 16.2 Å². The van der Waals surface area contributed by atoms with Crippen molar-refractivity contribution in [2.45, 2.75) is 6.92 Å². The van der Waals surface area contributed by atoms with E-state index in [0.29, 0.717) is 11.5 Å². The summed E-state index contributed by atoms with van der Waals surface area (Å²) in [4.78, 5) is 14.5. The Bertz CT molecular complexity index is 669. The van der Waals surface area contributed by atoms with Gasteiger partial charge in [0.1, 0.15) is 11.5 Å². The molecule has 0 atom stereocenters. The number of rotatable bonds is 5. The fraction of sp³-hybridized carbons (Fsp3) is 0.200. The van der Waals surface area contributed by atoms with Crippen LogP contribution in [0.5, 0.6) is 5.75 Å². The van der Waals surface area contributed by atoms with Gasteiger partial charge in [-0.1, -0.05) is 15.9 Å². The van der Waals surface area contributed by atoms with E-state index in [1.54, 1.807) is 20.2 Å². The molecule has 1 aromatic heterocycles. The Labute approximate surface area is 136 Å². The minimum absolute atomic E-state index is 0.279. The van der Waals surface area contributed by atoms with Crippen molar-refractivity contribution in [3.8, 4) is 5.75 Å². The number of carbonyl (C=O) groups is 1. The molecular weight excluding hydrogens is 350 g/mol. The fourth-order valence-electron chi connectivity index (χ4n) is 1.87. The maximum Gasteiger partial charge on any atom is 0.427 e. The molecule has 1 heterocycles. The molecule has 2 rings (SSSR count). The Kier molecular flexibility index (Phi) is 5.60. The number of hydrogen-bond acceptors (Lipinski definition) is 4. The Hall–Kier alpha value is -2.28. The van der Waals surface area contributed by atoms with Crippen molar-refractivity contribution in [3.05, 3.63) is 52.3 Å². The molecule has 1 aromatic carbocycles. The number of nitrogens with one attached hydrogen (secondary N) is 2. The van der Waals surface area contributed by atoms with Crippen LogP contribution in [0.3, 0.4) is 0 Å². The van der Waals surface area contributed by atoms with E-state index in [1.165, 1.54) is 0 Å². The number of hydrogen-bond donors (Lipinski definition) is 2. The molecular formula is C15H16BrN3O3. The number of amides is 1. The molecule has 2 aromatic rings. The molecule has 0 saturated heterocycles. The minimum Gasteiger partial charge on any atom is -0.496 e. The van der Waals surface area contributed by atoms with Crippen LogP contribution in [0.25, 0.3) is 0 Å². The topological polar surface area (TPSA) is 75.7 Å². The highest BCUT2D eigenvalue weighted by molar-refractivity contribution is 9.10. The third-order valence-corrected chi connectivity index (χ3v) is 3.30. The van der Waals surface area contributed by atoms with Gasteiger partial charge in [-0.2, -0.15) is 5.10 Å². The van der Waals surface area contributed by atoms with Crippen molar-refractivity contribution in [1.82, 2.24) is 10.4 Å². The highest BCUT2D eigenvalue weighted by Gasteiger charge is 2.15. The maximum atomic E-state index is 11.5. The van der Waals surface area contributed by atoms with Gasteiger partial charge < -0.3 is 14.5 Å². The number of benzene rings is 1. The van der Waals surface area contributed by atoms with Crippen molar-refractivity contribution < 1.29 is 14.3 Å². The second-order valence-corrected chi connectivity index (χ2v) is 5.14. The lowest BCUT2D eigenvalue weighted by atomic mass is 10.1. The summed E-state index contributed by atoms with van der Waals surface area (Å²) in [5, 5.41) is 4.16. The fourth-order valence-corrected chi connectivity index (χ4v) is 2.21. The number of ether oxygens (including phenoxy) is 2. The normalized spacial score (nSPS) is 11.1. The zero-order valence-electron chi connectivity index (χ0n) is 12.2.